The summed E-state index contributed by atoms with van der Waals surface area (Å²) in [7, 11) is 0. The van der Waals surface area contributed by atoms with Gasteiger partial charge in [-0.15, -0.1) is 0 Å². The Balaban J connectivity index is 1.64. The predicted octanol–water partition coefficient (Wildman–Crippen LogP) is 2.18. The van der Waals surface area contributed by atoms with Crippen LogP contribution in [0, 0.1) is 5.92 Å². The monoisotopic (exact) mass is 305 g/mol. The third-order valence-corrected chi connectivity index (χ3v) is 4.56. The van der Waals surface area contributed by atoms with Crippen LogP contribution in [0.2, 0.25) is 0 Å². The first-order valence-corrected chi connectivity index (χ1v) is 8.03. The molecule has 2 heterocycles. The Kier molecular flexibility index (Phi) is 4.64. The quantitative estimate of drug-likeness (QED) is 0.930. The molecule has 120 valence electrons. The number of piperidine rings is 1. The highest BCUT2D eigenvalue weighted by molar-refractivity contribution is 5.97. The second-order valence-electron chi connectivity index (χ2n) is 5.94. The SMILES string of the molecule is CCc1ccc(O)c(C(=O)N2CCC(C3OCCO3)CC2)c1. The van der Waals surface area contributed by atoms with Crippen LogP contribution in [-0.4, -0.2) is 48.5 Å². The number of ether oxygens (including phenoxy) is 2. The maximum Gasteiger partial charge on any atom is 0.257 e. The number of carbonyl (C=O) groups excluding carboxylic acids is 1. The number of phenols is 1. The summed E-state index contributed by atoms with van der Waals surface area (Å²) in [6.07, 6.45) is 2.50. The fraction of sp³-hybridized carbons (Fsp3) is 0.588. The summed E-state index contributed by atoms with van der Waals surface area (Å²) in [4.78, 5) is 14.4. The molecule has 2 fully saturated rings. The van der Waals surface area contributed by atoms with Gasteiger partial charge in [0.2, 0.25) is 0 Å². The summed E-state index contributed by atoms with van der Waals surface area (Å²) in [6, 6.07) is 5.26. The first kappa shape index (κ1) is 15.3. The van der Waals surface area contributed by atoms with Gasteiger partial charge in [-0.3, -0.25) is 4.79 Å². The minimum Gasteiger partial charge on any atom is -0.507 e. The average Bonchev–Trinajstić information content (AvgIpc) is 3.09. The lowest BCUT2D eigenvalue weighted by Crippen LogP contribution is -2.41. The summed E-state index contributed by atoms with van der Waals surface area (Å²) >= 11 is 0. The van der Waals surface area contributed by atoms with E-state index in [0.717, 1.165) is 24.8 Å². The summed E-state index contributed by atoms with van der Waals surface area (Å²) in [5.74, 6) is 0.341. The fourth-order valence-corrected chi connectivity index (χ4v) is 3.17. The maximum absolute atomic E-state index is 12.6. The highest BCUT2D eigenvalue weighted by atomic mass is 16.7. The minimum atomic E-state index is -0.103. The van der Waals surface area contributed by atoms with Gasteiger partial charge in [-0.05, 0) is 37.0 Å². The third-order valence-electron chi connectivity index (χ3n) is 4.56. The molecule has 2 aliphatic heterocycles. The van der Waals surface area contributed by atoms with E-state index in [1.54, 1.807) is 12.1 Å². The Morgan fingerprint density at radius 2 is 1.95 bits per heavy atom. The highest BCUT2D eigenvalue weighted by Crippen LogP contribution is 2.28. The molecule has 1 N–H and O–H groups in total. The molecule has 5 nitrogen and oxygen atoms in total. The van der Waals surface area contributed by atoms with Gasteiger partial charge in [-0.2, -0.15) is 0 Å². The van der Waals surface area contributed by atoms with E-state index in [2.05, 4.69) is 0 Å². The van der Waals surface area contributed by atoms with E-state index < -0.39 is 0 Å². The van der Waals surface area contributed by atoms with Crippen LogP contribution in [0.15, 0.2) is 18.2 Å². The molecule has 2 saturated heterocycles. The molecule has 0 bridgehead atoms. The van der Waals surface area contributed by atoms with Crippen molar-refractivity contribution >= 4 is 5.91 Å². The van der Waals surface area contributed by atoms with Gasteiger partial charge in [0, 0.05) is 19.0 Å². The van der Waals surface area contributed by atoms with Crippen LogP contribution in [0.3, 0.4) is 0 Å². The van der Waals surface area contributed by atoms with Gasteiger partial charge in [-0.1, -0.05) is 13.0 Å². The number of carbonyl (C=O) groups is 1. The van der Waals surface area contributed by atoms with E-state index in [-0.39, 0.29) is 17.9 Å². The first-order valence-electron chi connectivity index (χ1n) is 8.03. The summed E-state index contributed by atoms with van der Waals surface area (Å²) in [6.45, 7) is 4.74. The number of hydrogen-bond donors (Lipinski definition) is 1. The Labute approximate surface area is 130 Å². The van der Waals surface area contributed by atoms with Crippen molar-refractivity contribution in [3.8, 4) is 5.75 Å². The van der Waals surface area contributed by atoms with Gasteiger partial charge >= 0.3 is 0 Å². The number of nitrogens with zero attached hydrogens (tertiary/aromatic N) is 1. The molecule has 5 heteroatoms. The van der Waals surface area contributed by atoms with E-state index in [1.807, 2.05) is 17.9 Å². The molecule has 0 unspecified atom stereocenters. The Bertz CT molecular complexity index is 531. The number of aromatic hydroxyl groups is 1. The average molecular weight is 305 g/mol. The van der Waals surface area contributed by atoms with Gasteiger partial charge in [-0.25, -0.2) is 0 Å². The predicted molar refractivity (Wildman–Crippen MR) is 81.8 cm³/mol. The summed E-state index contributed by atoms with van der Waals surface area (Å²) in [5.41, 5.74) is 1.47. The van der Waals surface area contributed by atoms with Crippen LogP contribution in [-0.2, 0) is 15.9 Å². The molecule has 0 radical (unpaired) electrons. The van der Waals surface area contributed by atoms with Crippen LogP contribution < -0.4 is 0 Å². The Morgan fingerprint density at radius 1 is 1.27 bits per heavy atom. The smallest absolute Gasteiger partial charge is 0.257 e. The molecule has 3 rings (SSSR count). The van der Waals surface area contributed by atoms with E-state index >= 15 is 0 Å². The van der Waals surface area contributed by atoms with Gasteiger partial charge in [0.1, 0.15) is 5.75 Å². The number of phenolic OH excluding ortho intramolecular Hbond substituents is 1. The normalized spacial score (nSPS) is 20.5. The molecule has 0 atom stereocenters. The second kappa shape index (κ2) is 6.67. The molecule has 1 amide bonds. The third kappa shape index (κ3) is 3.10. The van der Waals surface area contributed by atoms with Crippen LogP contribution in [0.1, 0.15) is 35.7 Å². The number of hydrogen-bond acceptors (Lipinski definition) is 4. The number of benzene rings is 1. The van der Waals surface area contributed by atoms with Gasteiger partial charge in [0.05, 0.1) is 18.8 Å². The van der Waals surface area contributed by atoms with Crippen LogP contribution >= 0.6 is 0 Å². The Morgan fingerprint density at radius 3 is 2.59 bits per heavy atom. The van der Waals surface area contributed by atoms with Crippen molar-refractivity contribution in [2.24, 2.45) is 5.92 Å². The molecule has 0 aliphatic carbocycles. The number of amides is 1. The molecular formula is C17H23NO4. The van der Waals surface area contributed by atoms with Crippen LogP contribution in [0.25, 0.3) is 0 Å². The van der Waals surface area contributed by atoms with Crippen LogP contribution in [0.4, 0.5) is 0 Å². The molecule has 22 heavy (non-hydrogen) atoms. The summed E-state index contributed by atoms with van der Waals surface area (Å²) in [5, 5.41) is 9.97. The van der Waals surface area contributed by atoms with Crippen molar-refractivity contribution in [3.05, 3.63) is 29.3 Å². The fourth-order valence-electron chi connectivity index (χ4n) is 3.17. The summed E-state index contributed by atoms with van der Waals surface area (Å²) < 4.78 is 11.1. The van der Waals surface area contributed by atoms with E-state index in [0.29, 0.717) is 37.8 Å². The van der Waals surface area contributed by atoms with Gasteiger partial charge < -0.3 is 19.5 Å². The van der Waals surface area contributed by atoms with E-state index in [9.17, 15) is 9.90 Å². The second-order valence-corrected chi connectivity index (χ2v) is 5.94. The largest absolute Gasteiger partial charge is 0.507 e. The number of aryl methyl sites for hydroxylation is 1. The Hall–Kier alpha value is -1.59. The van der Waals surface area contributed by atoms with E-state index in [4.69, 9.17) is 9.47 Å². The zero-order valence-electron chi connectivity index (χ0n) is 13.0. The lowest BCUT2D eigenvalue weighted by atomic mass is 9.95. The van der Waals surface area contributed by atoms with Crippen molar-refractivity contribution in [1.29, 1.82) is 0 Å². The van der Waals surface area contributed by atoms with Crippen molar-refractivity contribution in [2.75, 3.05) is 26.3 Å². The van der Waals surface area contributed by atoms with Crippen LogP contribution in [0.5, 0.6) is 5.75 Å². The molecule has 0 aromatic heterocycles. The molecule has 0 saturated carbocycles. The molecule has 2 aliphatic rings. The molecule has 1 aromatic carbocycles. The lowest BCUT2D eigenvalue weighted by molar-refractivity contribution is -0.0956. The topological polar surface area (TPSA) is 59.0 Å². The van der Waals surface area contributed by atoms with Crippen molar-refractivity contribution in [3.63, 3.8) is 0 Å². The standard InChI is InChI=1S/C17H23NO4/c1-2-12-3-4-15(19)14(11-12)16(20)18-7-5-13(6-8-18)17-21-9-10-22-17/h3-4,11,13,17,19H,2,5-10H2,1H3. The minimum absolute atomic E-state index is 0.0618. The number of likely N-dealkylation sites (tertiary alicyclic amines) is 1. The molecule has 1 aromatic rings. The van der Waals surface area contributed by atoms with Gasteiger partial charge in [0.15, 0.2) is 6.29 Å². The van der Waals surface area contributed by atoms with Crippen molar-refractivity contribution in [2.45, 2.75) is 32.5 Å². The van der Waals surface area contributed by atoms with E-state index in [1.165, 1.54) is 0 Å². The molecule has 0 spiro atoms. The van der Waals surface area contributed by atoms with Crippen molar-refractivity contribution < 1.29 is 19.4 Å². The number of rotatable bonds is 3. The van der Waals surface area contributed by atoms with Gasteiger partial charge in [0.25, 0.3) is 5.91 Å². The highest BCUT2D eigenvalue weighted by Gasteiger charge is 2.32. The maximum atomic E-state index is 12.6. The van der Waals surface area contributed by atoms with Crippen molar-refractivity contribution in [1.82, 2.24) is 4.90 Å². The first-order chi connectivity index (χ1) is 10.7. The molecular weight excluding hydrogens is 282 g/mol. The zero-order chi connectivity index (χ0) is 15.5. The lowest BCUT2D eigenvalue weighted by Gasteiger charge is -2.34. The zero-order valence-corrected chi connectivity index (χ0v) is 13.0.